The highest BCUT2D eigenvalue weighted by Crippen LogP contribution is 2.24. The first-order valence-corrected chi connectivity index (χ1v) is 5.37. The zero-order valence-corrected chi connectivity index (χ0v) is 10.2. The van der Waals surface area contributed by atoms with E-state index in [0.29, 0.717) is 5.02 Å². The largest absolute Gasteiger partial charge is 0.497 e. The first-order valence-electron chi connectivity index (χ1n) is 4.99. The van der Waals surface area contributed by atoms with Crippen LogP contribution in [0.4, 0.5) is 0 Å². The Morgan fingerprint density at radius 3 is 2.62 bits per heavy atom. The standard InChI is InChI=1S/C12H13ClN2O/c1-8-12(13)9(2)15(14-8)10-5-4-6-11(7-10)16-3/h4-7H,1-3H3. The lowest BCUT2D eigenvalue weighted by atomic mass is 10.3. The first-order chi connectivity index (χ1) is 7.63. The molecule has 0 aliphatic rings. The molecule has 16 heavy (non-hydrogen) atoms. The van der Waals surface area contributed by atoms with Crippen molar-refractivity contribution in [3.8, 4) is 11.4 Å². The summed E-state index contributed by atoms with van der Waals surface area (Å²) in [5.41, 5.74) is 2.72. The zero-order chi connectivity index (χ0) is 11.7. The molecule has 2 rings (SSSR count). The first kappa shape index (κ1) is 11.0. The predicted molar refractivity (Wildman–Crippen MR) is 64.6 cm³/mol. The van der Waals surface area contributed by atoms with Crippen LogP contribution in [0.25, 0.3) is 5.69 Å². The van der Waals surface area contributed by atoms with E-state index in [1.54, 1.807) is 7.11 Å². The molecular weight excluding hydrogens is 224 g/mol. The van der Waals surface area contributed by atoms with Crippen LogP contribution in [-0.4, -0.2) is 16.9 Å². The summed E-state index contributed by atoms with van der Waals surface area (Å²) in [6.45, 7) is 3.84. The third kappa shape index (κ3) is 1.78. The van der Waals surface area contributed by atoms with Crippen molar-refractivity contribution in [2.75, 3.05) is 7.11 Å². The van der Waals surface area contributed by atoms with E-state index in [0.717, 1.165) is 22.8 Å². The summed E-state index contributed by atoms with van der Waals surface area (Å²) in [6, 6.07) is 7.73. The van der Waals surface area contributed by atoms with Crippen molar-refractivity contribution in [3.63, 3.8) is 0 Å². The zero-order valence-electron chi connectivity index (χ0n) is 9.49. The smallest absolute Gasteiger partial charge is 0.121 e. The van der Waals surface area contributed by atoms with Crippen LogP contribution in [0.1, 0.15) is 11.4 Å². The average Bonchev–Trinajstić information content (AvgIpc) is 2.57. The van der Waals surface area contributed by atoms with Crippen LogP contribution in [0.2, 0.25) is 5.02 Å². The van der Waals surface area contributed by atoms with Gasteiger partial charge in [-0.15, -0.1) is 0 Å². The van der Waals surface area contributed by atoms with E-state index < -0.39 is 0 Å². The van der Waals surface area contributed by atoms with Crippen LogP contribution < -0.4 is 4.74 Å². The maximum Gasteiger partial charge on any atom is 0.121 e. The van der Waals surface area contributed by atoms with Gasteiger partial charge < -0.3 is 4.74 Å². The Kier molecular flexibility index (Phi) is 2.88. The molecule has 4 heteroatoms. The fourth-order valence-corrected chi connectivity index (χ4v) is 1.74. The van der Waals surface area contributed by atoms with Crippen LogP contribution in [0.5, 0.6) is 5.75 Å². The van der Waals surface area contributed by atoms with Gasteiger partial charge in [0.2, 0.25) is 0 Å². The molecule has 84 valence electrons. The number of hydrogen-bond acceptors (Lipinski definition) is 2. The summed E-state index contributed by atoms with van der Waals surface area (Å²) in [5.74, 6) is 0.807. The molecule has 3 nitrogen and oxygen atoms in total. The lowest BCUT2D eigenvalue weighted by Crippen LogP contribution is -1.99. The summed E-state index contributed by atoms with van der Waals surface area (Å²) in [4.78, 5) is 0. The molecule has 1 heterocycles. The van der Waals surface area contributed by atoms with Gasteiger partial charge in [-0.3, -0.25) is 0 Å². The third-order valence-electron chi connectivity index (χ3n) is 2.50. The highest BCUT2D eigenvalue weighted by Gasteiger charge is 2.10. The van der Waals surface area contributed by atoms with Gasteiger partial charge in [0.15, 0.2) is 0 Å². The number of hydrogen-bond donors (Lipinski definition) is 0. The van der Waals surface area contributed by atoms with E-state index in [1.807, 2.05) is 42.8 Å². The molecule has 0 unspecified atom stereocenters. The van der Waals surface area contributed by atoms with Crippen LogP contribution >= 0.6 is 11.6 Å². The number of ether oxygens (including phenoxy) is 1. The lowest BCUT2D eigenvalue weighted by Gasteiger charge is -2.06. The van der Waals surface area contributed by atoms with Gasteiger partial charge in [0.25, 0.3) is 0 Å². The van der Waals surface area contributed by atoms with E-state index in [4.69, 9.17) is 16.3 Å². The van der Waals surface area contributed by atoms with Crippen molar-refractivity contribution in [1.29, 1.82) is 0 Å². The Balaban J connectivity index is 2.54. The Morgan fingerprint density at radius 2 is 2.06 bits per heavy atom. The van der Waals surface area contributed by atoms with Crippen molar-refractivity contribution in [2.24, 2.45) is 0 Å². The Hall–Kier alpha value is -1.48. The Labute approximate surface area is 99.6 Å². The SMILES string of the molecule is COc1cccc(-n2nc(C)c(Cl)c2C)c1. The minimum atomic E-state index is 0.711. The fraction of sp³-hybridized carbons (Fsp3) is 0.250. The van der Waals surface area contributed by atoms with Gasteiger partial charge in [0.05, 0.1) is 29.2 Å². The molecule has 2 aromatic rings. The maximum absolute atomic E-state index is 6.11. The van der Waals surface area contributed by atoms with Gasteiger partial charge in [-0.1, -0.05) is 17.7 Å². The van der Waals surface area contributed by atoms with Crippen molar-refractivity contribution in [1.82, 2.24) is 9.78 Å². The van der Waals surface area contributed by atoms with Crippen LogP contribution in [0.15, 0.2) is 24.3 Å². The molecule has 0 bridgehead atoms. The number of halogens is 1. The molecule has 0 aliphatic heterocycles. The van der Waals surface area contributed by atoms with E-state index in [-0.39, 0.29) is 0 Å². The number of rotatable bonds is 2. The fourth-order valence-electron chi connectivity index (χ4n) is 1.62. The predicted octanol–water partition coefficient (Wildman–Crippen LogP) is 3.15. The summed E-state index contributed by atoms with van der Waals surface area (Å²) >= 11 is 6.11. The molecule has 0 saturated heterocycles. The minimum absolute atomic E-state index is 0.711. The van der Waals surface area contributed by atoms with Crippen LogP contribution in [0.3, 0.4) is 0 Å². The van der Waals surface area contributed by atoms with Crippen molar-refractivity contribution < 1.29 is 4.74 Å². The molecule has 0 amide bonds. The van der Waals surface area contributed by atoms with Gasteiger partial charge in [-0.05, 0) is 26.0 Å². The highest BCUT2D eigenvalue weighted by molar-refractivity contribution is 6.31. The van der Waals surface area contributed by atoms with Gasteiger partial charge >= 0.3 is 0 Å². The normalized spacial score (nSPS) is 10.5. The number of benzene rings is 1. The molecule has 0 spiro atoms. The monoisotopic (exact) mass is 236 g/mol. The summed E-state index contributed by atoms with van der Waals surface area (Å²) in [6.07, 6.45) is 0. The molecule has 0 saturated carbocycles. The molecule has 0 fully saturated rings. The topological polar surface area (TPSA) is 27.1 Å². The van der Waals surface area contributed by atoms with Crippen molar-refractivity contribution >= 4 is 11.6 Å². The second-order valence-corrected chi connectivity index (χ2v) is 3.98. The second-order valence-electron chi connectivity index (χ2n) is 3.60. The summed E-state index contributed by atoms with van der Waals surface area (Å²) in [5, 5.41) is 5.10. The molecule has 0 aliphatic carbocycles. The van der Waals surface area contributed by atoms with E-state index in [1.165, 1.54) is 0 Å². The number of methoxy groups -OCH3 is 1. The Morgan fingerprint density at radius 1 is 1.31 bits per heavy atom. The second kappa shape index (κ2) is 4.18. The van der Waals surface area contributed by atoms with Crippen LogP contribution in [-0.2, 0) is 0 Å². The highest BCUT2D eigenvalue weighted by atomic mass is 35.5. The molecule has 0 atom stereocenters. The average molecular weight is 237 g/mol. The molecule has 1 aromatic carbocycles. The van der Waals surface area contributed by atoms with E-state index in [9.17, 15) is 0 Å². The molecular formula is C12H13ClN2O. The minimum Gasteiger partial charge on any atom is -0.497 e. The Bertz CT molecular complexity index is 520. The quantitative estimate of drug-likeness (QED) is 0.801. The number of aryl methyl sites for hydroxylation is 1. The van der Waals surface area contributed by atoms with Crippen molar-refractivity contribution in [2.45, 2.75) is 13.8 Å². The molecule has 1 aromatic heterocycles. The van der Waals surface area contributed by atoms with Gasteiger partial charge in [-0.25, -0.2) is 4.68 Å². The third-order valence-corrected chi connectivity index (χ3v) is 3.05. The van der Waals surface area contributed by atoms with Crippen molar-refractivity contribution in [3.05, 3.63) is 40.7 Å². The summed E-state index contributed by atoms with van der Waals surface area (Å²) in [7, 11) is 1.65. The van der Waals surface area contributed by atoms with E-state index >= 15 is 0 Å². The van der Waals surface area contributed by atoms with Gasteiger partial charge in [0.1, 0.15) is 5.75 Å². The van der Waals surface area contributed by atoms with E-state index in [2.05, 4.69) is 5.10 Å². The lowest BCUT2D eigenvalue weighted by molar-refractivity contribution is 0.414. The van der Waals surface area contributed by atoms with Crippen LogP contribution in [0, 0.1) is 13.8 Å². The number of nitrogens with zero attached hydrogens (tertiary/aromatic N) is 2. The number of aromatic nitrogens is 2. The maximum atomic E-state index is 6.11. The van der Waals surface area contributed by atoms with Gasteiger partial charge in [0, 0.05) is 6.07 Å². The summed E-state index contributed by atoms with van der Waals surface area (Å²) < 4.78 is 7.00. The molecule has 0 radical (unpaired) electrons. The molecule has 0 N–H and O–H groups in total. The van der Waals surface area contributed by atoms with Gasteiger partial charge in [-0.2, -0.15) is 5.10 Å².